The molecule has 0 aliphatic heterocycles. The molecular weight excluding hydrogens is 250 g/mol. The Morgan fingerprint density at radius 2 is 1.55 bits per heavy atom. The summed E-state index contributed by atoms with van der Waals surface area (Å²) in [5.74, 6) is 1.72. The van der Waals surface area contributed by atoms with E-state index in [1.165, 1.54) is 5.56 Å². The maximum absolute atomic E-state index is 5.67. The molecule has 2 aromatic carbocycles. The van der Waals surface area contributed by atoms with E-state index in [-0.39, 0.29) is 0 Å². The van der Waals surface area contributed by atoms with Crippen molar-refractivity contribution >= 4 is 5.69 Å². The number of ether oxygens (including phenoxy) is 2. The fourth-order valence-corrected chi connectivity index (χ4v) is 1.84. The highest BCUT2D eigenvalue weighted by molar-refractivity contribution is 5.44. The monoisotopic (exact) mass is 271 g/mol. The summed E-state index contributed by atoms with van der Waals surface area (Å²) in [6, 6.07) is 16.1. The van der Waals surface area contributed by atoms with Gasteiger partial charge in [0.2, 0.25) is 0 Å². The van der Waals surface area contributed by atoms with Crippen molar-refractivity contribution in [3.63, 3.8) is 0 Å². The zero-order valence-corrected chi connectivity index (χ0v) is 12.1. The summed E-state index contributed by atoms with van der Waals surface area (Å²) in [6.45, 7) is 3.69. The van der Waals surface area contributed by atoms with Gasteiger partial charge >= 0.3 is 0 Å². The number of hydrogen-bond acceptors (Lipinski definition) is 3. The fourth-order valence-electron chi connectivity index (χ4n) is 1.84. The summed E-state index contributed by atoms with van der Waals surface area (Å²) >= 11 is 0. The minimum atomic E-state index is 0.700. The van der Waals surface area contributed by atoms with Gasteiger partial charge in [-0.05, 0) is 49.7 Å². The smallest absolute Gasteiger partial charge is 0.119 e. The van der Waals surface area contributed by atoms with E-state index in [0.29, 0.717) is 6.61 Å². The third-order valence-electron chi connectivity index (χ3n) is 3.03. The molecule has 0 aliphatic rings. The Balaban J connectivity index is 1.64. The largest absolute Gasteiger partial charge is 0.497 e. The van der Waals surface area contributed by atoms with Crippen molar-refractivity contribution in [2.24, 2.45) is 0 Å². The van der Waals surface area contributed by atoms with Crippen LogP contribution in [0.25, 0.3) is 0 Å². The molecule has 0 bridgehead atoms. The number of anilines is 1. The molecule has 0 amide bonds. The normalized spacial score (nSPS) is 10.1. The molecule has 2 rings (SSSR count). The summed E-state index contributed by atoms with van der Waals surface area (Å²) < 4.78 is 10.8. The lowest BCUT2D eigenvalue weighted by molar-refractivity contribution is 0.314. The SMILES string of the molecule is COc1ccc(OCCCNc2ccc(C)cc2)cc1. The summed E-state index contributed by atoms with van der Waals surface area (Å²) in [4.78, 5) is 0. The van der Waals surface area contributed by atoms with Gasteiger partial charge in [-0.3, -0.25) is 0 Å². The van der Waals surface area contributed by atoms with E-state index in [9.17, 15) is 0 Å². The van der Waals surface area contributed by atoms with Gasteiger partial charge in [0.25, 0.3) is 0 Å². The first-order chi connectivity index (χ1) is 9.78. The third kappa shape index (κ3) is 4.50. The highest BCUT2D eigenvalue weighted by Gasteiger charge is 1.96. The van der Waals surface area contributed by atoms with Crippen LogP contribution in [0.4, 0.5) is 5.69 Å². The van der Waals surface area contributed by atoms with Gasteiger partial charge in [-0.1, -0.05) is 17.7 Å². The average Bonchev–Trinajstić information content (AvgIpc) is 2.49. The third-order valence-corrected chi connectivity index (χ3v) is 3.03. The molecule has 0 aliphatic carbocycles. The predicted octanol–water partition coefficient (Wildman–Crippen LogP) is 3.88. The summed E-state index contributed by atoms with van der Waals surface area (Å²) in [5.41, 5.74) is 2.43. The molecule has 0 aromatic heterocycles. The first kappa shape index (κ1) is 14.3. The molecule has 3 heteroatoms. The molecule has 0 fully saturated rings. The Morgan fingerprint density at radius 1 is 0.900 bits per heavy atom. The Labute approximate surface area is 120 Å². The lowest BCUT2D eigenvalue weighted by Crippen LogP contribution is -2.07. The Hall–Kier alpha value is -2.16. The zero-order valence-electron chi connectivity index (χ0n) is 12.1. The highest BCUT2D eigenvalue weighted by atomic mass is 16.5. The van der Waals surface area contributed by atoms with E-state index >= 15 is 0 Å². The van der Waals surface area contributed by atoms with Gasteiger partial charge in [0.05, 0.1) is 13.7 Å². The maximum atomic E-state index is 5.67. The van der Waals surface area contributed by atoms with Crippen molar-refractivity contribution in [3.05, 3.63) is 54.1 Å². The predicted molar refractivity (Wildman–Crippen MR) is 82.8 cm³/mol. The van der Waals surface area contributed by atoms with Crippen molar-refractivity contribution in [1.29, 1.82) is 0 Å². The number of benzene rings is 2. The molecular formula is C17H21NO2. The van der Waals surface area contributed by atoms with Crippen molar-refractivity contribution in [2.45, 2.75) is 13.3 Å². The van der Waals surface area contributed by atoms with Crippen molar-refractivity contribution in [1.82, 2.24) is 0 Å². The van der Waals surface area contributed by atoms with Crippen molar-refractivity contribution < 1.29 is 9.47 Å². The Morgan fingerprint density at radius 3 is 2.20 bits per heavy atom. The van der Waals surface area contributed by atoms with Gasteiger partial charge in [0.15, 0.2) is 0 Å². The van der Waals surface area contributed by atoms with Crippen molar-refractivity contribution in [3.8, 4) is 11.5 Å². The molecule has 0 radical (unpaired) electrons. The molecule has 20 heavy (non-hydrogen) atoms. The number of rotatable bonds is 7. The van der Waals surface area contributed by atoms with Gasteiger partial charge in [0.1, 0.15) is 11.5 Å². The topological polar surface area (TPSA) is 30.5 Å². The van der Waals surface area contributed by atoms with Crippen LogP contribution in [0, 0.1) is 6.92 Å². The Bertz CT molecular complexity index is 506. The molecule has 106 valence electrons. The first-order valence-corrected chi connectivity index (χ1v) is 6.85. The lowest BCUT2D eigenvalue weighted by Gasteiger charge is -2.09. The lowest BCUT2D eigenvalue weighted by atomic mass is 10.2. The highest BCUT2D eigenvalue weighted by Crippen LogP contribution is 2.17. The van der Waals surface area contributed by atoms with Gasteiger partial charge in [0, 0.05) is 12.2 Å². The number of hydrogen-bond donors (Lipinski definition) is 1. The van der Waals surface area contributed by atoms with Crippen LogP contribution in [0.3, 0.4) is 0 Å². The molecule has 2 aromatic rings. The number of aryl methyl sites for hydroxylation is 1. The zero-order chi connectivity index (χ0) is 14.2. The van der Waals surface area contributed by atoms with Crippen LogP contribution in [-0.4, -0.2) is 20.3 Å². The fraction of sp³-hybridized carbons (Fsp3) is 0.294. The minimum absolute atomic E-state index is 0.700. The molecule has 1 N–H and O–H groups in total. The van der Waals surface area contributed by atoms with Crippen molar-refractivity contribution in [2.75, 3.05) is 25.6 Å². The van der Waals surface area contributed by atoms with Crippen LogP contribution in [0.15, 0.2) is 48.5 Å². The minimum Gasteiger partial charge on any atom is -0.497 e. The van der Waals surface area contributed by atoms with E-state index in [2.05, 4.69) is 36.5 Å². The Kier molecular flexibility index (Phi) is 5.30. The van der Waals surface area contributed by atoms with E-state index in [0.717, 1.165) is 30.2 Å². The van der Waals surface area contributed by atoms with Gasteiger partial charge in [-0.25, -0.2) is 0 Å². The van der Waals surface area contributed by atoms with E-state index < -0.39 is 0 Å². The van der Waals surface area contributed by atoms with Crippen LogP contribution < -0.4 is 14.8 Å². The van der Waals surface area contributed by atoms with Crippen LogP contribution >= 0.6 is 0 Å². The van der Waals surface area contributed by atoms with E-state index in [1.807, 2.05) is 24.3 Å². The standard InChI is InChI=1S/C17H21NO2/c1-14-4-6-15(7-5-14)18-12-3-13-20-17-10-8-16(19-2)9-11-17/h4-11,18H,3,12-13H2,1-2H3. The second-order valence-corrected chi connectivity index (χ2v) is 4.67. The summed E-state index contributed by atoms with van der Waals surface area (Å²) in [6.07, 6.45) is 0.958. The van der Waals surface area contributed by atoms with E-state index in [1.54, 1.807) is 7.11 Å². The molecule has 0 heterocycles. The van der Waals surface area contributed by atoms with Crippen LogP contribution in [0.5, 0.6) is 11.5 Å². The quantitative estimate of drug-likeness (QED) is 0.775. The second-order valence-electron chi connectivity index (χ2n) is 4.67. The van der Waals surface area contributed by atoms with E-state index in [4.69, 9.17) is 9.47 Å². The molecule has 0 saturated carbocycles. The summed E-state index contributed by atoms with van der Waals surface area (Å²) in [7, 11) is 1.66. The molecule has 0 saturated heterocycles. The van der Waals surface area contributed by atoms with Crippen LogP contribution in [0.1, 0.15) is 12.0 Å². The van der Waals surface area contributed by atoms with Gasteiger partial charge in [-0.2, -0.15) is 0 Å². The second kappa shape index (κ2) is 7.43. The van der Waals surface area contributed by atoms with Gasteiger partial charge < -0.3 is 14.8 Å². The average molecular weight is 271 g/mol. The summed E-state index contributed by atoms with van der Waals surface area (Å²) in [5, 5.41) is 3.38. The maximum Gasteiger partial charge on any atom is 0.119 e. The molecule has 0 unspecified atom stereocenters. The van der Waals surface area contributed by atoms with Crippen LogP contribution in [0.2, 0.25) is 0 Å². The van der Waals surface area contributed by atoms with Crippen LogP contribution in [-0.2, 0) is 0 Å². The molecule has 3 nitrogen and oxygen atoms in total. The molecule has 0 spiro atoms. The number of nitrogens with one attached hydrogen (secondary N) is 1. The first-order valence-electron chi connectivity index (χ1n) is 6.85. The molecule has 0 atom stereocenters. The van der Waals surface area contributed by atoms with Gasteiger partial charge in [-0.15, -0.1) is 0 Å². The number of methoxy groups -OCH3 is 1.